The van der Waals surface area contributed by atoms with Crippen LogP contribution in [0.4, 0.5) is 0 Å². The Labute approximate surface area is 697 Å². The Morgan fingerprint density at radius 2 is 0.432 bits per heavy atom. The molecule has 13 N–H and O–H groups in total. The number of nitrogens with zero attached hydrogens (tertiary/aromatic N) is 10. The van der Waals surface area contributed by atoms with Crippen LogP contribution >= 0.6 is 0 Å². The van der Waals surface area contributed by atoms with Gasteiger partial charge in [0.05, 0.1) is 75.5 Å². The lowest BCUT2D eigenvalue weighted by molar-refractivity contribution is -0.151. The van der Waals surface area contributed by atoms with E-state index in [0.29, 0.717) is 87.7 Å². The van der Waals surface area contributed by atoms with E-state index >= 15 is 38.4 Å². The van der Waals surface area contributed by atoms with Gasteiger partial charge in [-0.1, -0.05) is 182 Å². The van der Waals surface area contributed by atoms with Crippen molar-refractivity contribution in [2.45, 2.75) is 142 Å². The smallest absolute Gasteiger partial charge is 0.243 e. The van der Waals surface area contributed by atoms with E-state index < -0.39 is 154 Å². The zero-order valence-electron chi connectivity index (χ0n) is 70.1. The maximum Gasteiger partial charge on any atom is 0.243 e. The van der Waals surface area contributed by atoms with Crippen molar-refractivity contribution in [3.05, 3.63) is 215 Å². The molecule has 11 amide bonds. The first-order valence-electron chi connectivity index (χ1n) is 41.5. The second-order valence-electron chi connectivity index (χ2n) is 30.0. The molecule has 0 fully saturated rings. The second kappa shape index (κ2) is 52.1. The van der Waals surface area contributed by atoms with Crippen LogP contribution in [0.1, 0.15) is 175 Å². The fourth-order valence-electron chi connectivity index (χ4n) is 14.2. The molecule has 0 bridgehead atoms. The van der Waals surface area contributed by atoms with Gasteiger partial charge in [0.1, 0.15) is 32.7 Å². The minimum atomic E-state index is -0.812. The second-order valence-corrected chi connectivity index (χ2v) is 30.0. The average molecular weight is 1630 g/mol. The number of nitrogens with two attached hydrogens (primary N) is 6. The molecule has 0 unspecified atom stereocenters. The van der Waals surface area contributed by atoms with Gasteiger partial charge in [0, 0.05) is 26.2 Å². The van der Waals surface area contributed by atoms with Crippen molar-refractivity contribution in [1.82, 2.24) is 54.3 Å². The van der Waals surface area contributed by atoms with Crippen molar-refractivity contribution in [3.63, 3.8) is 0 Å². The van der Waals surface area contributed by atoms with Crippen LogP contribution in [0.5, 0.6) is 0 Å². The van der Waals surface area contributed by atoms with Crippen molar-refractivity contribution in [3.8, 4) is 0 Å². The van der Waals surface area contributed by atoms with Crippen molar-refractivity contribution in [2.75, 3.05) is 137 Å². The van der Waals surface area contributed by atoms with Gasteiger partial charge in [-0.3, -0.25) is 52.7 Å². The highest BCUT2D eigenvalue weighted by atomic mass is 16.2. The van der Waals surface area contributed by atoms with Crippen molar-refractivity contribution >= 4 is 65.0 Å². The predicted octanol–water partition coefficient (Wildman–Crippen LogP) is 6.61. The number of carbonyl (C=O) groups excluding carboxylic acids is 11. The summed E-state index contributed by atoms with van der Waals surface area (Å²) in [6.07, 6.45) is 4.91. The summed E-state index contributed by atoms with van der Waals surface area (Å²) >= 11 is 0. The van der Waals surface area contributed by atoms with Crippen molar-refractivity contribution in [1.29, 1.82) is 0 Å². The molecule has 0 aliphatic carbocycles. The van der Waals surface area contributed by atoms with Crippen molar-refractivity contribution in [2.24, 2.45) is 34.4 Å². The maximum absolute atomic E-state index is 15.7. The minimum absolute atomic E-state index is 0.00207. The lowest BCUT2D eigenvalue weighted by Gasteiger charge is -2.37. The number of amides is 11. The van der Waals surface area contributed by atoms with Crippen LogP contribution in [-0.2, 0) is 52.7 Å². The standard InChI is InChI=1S/C90H129N17O11/c1-68(74-35-13-7-14-36-74)102(58-80(96)108)86(114)60-100(55-33-28-50-94)85(113)65-106(72(5)78-43-21-11-22-44-78)90(118)67-107(73(6)79-45-23-12-24-46-79)88(116)62-101(56-34-29-51-95)84(112)63-104(70(3)76-39-17-9-18-40-76)87(115)61-99(54-32-27-49-93)82(110)59-98(53-31-26-48-92)83(111)64-105(71(4)77-41-19-10-20-42-77)89(117)66-103(69(2)75-37-15-8-16-38-75)81(109)57-97-52-30-25-47-91/h7-24,35-46,68-73,97H,25-34,47-67,91-95H2,1-6H3,(H2,96,108)/t68-,69-,70-,71-,72-,73-/m0/s1. The lowest BCUT2D eigenvalue weighted by atomic mass is 10.1. The highest BCUT2D eigenvalue weighted by molar-refractivity contribution is 5.95. The molecule has 640 valence electrons. The summed E-state index contributed by atoms with van der Waals surface area (Å²) in [6, 6.07) is 50.5. The van der Waals surface area contributed by atoms with Gasteiger partial charge in [-0.2, -0.15) is 0 Å². The van der Waals surface area contributed by atoms with Gasteiger partial charge in [-0.05, 0) is 178 Å². The van der Waals surface area contributed by atoms with E-state index in [4.69, 9.17) is 34.4 Å². The van der Waals surface area contributed by atoms with Gasteiger partial charge in [-0.25, -0.2) is 0 Å². The quantitative estimate of drug-likeness (QED) is 0.0197. The first-order chi connectivity index (χ1) is 56.9. The zero-order chi connectivity index (χ0) is 85.9. The molecule has 0 saturated heterocycles. The molecular formula is C90H129N17O11. The molecule has 0 spiro atoms. The van der Waals surface area contributed by atoms with E-state index in [1.807, 2.05) is 153 Å². The van der Waals surface area contributed by atoms with Gasteiger partial charge in [0.15, 0.2) is 0 Å². The molecule has 0 aliphatic heterocycles. The number of rotatable bonds is 54. The molecule has 0 heterocycles. The number of carbonyl (C=O) groups is 11. The Morgan fingerprint density at radius 1 is 0.246 bits per heavy atom. The van der Waals surface area contributed by atoms with Crippen LogP contribution < -0.4 is 39.7 Å². The molecule has 118 heavy (non-hydrogen) atoms. The van der Waals surface area contributed by atoms with Gasteiger partial charge in [0.2, 0.25) is 65.0 Å². The molecule has 0 radical (unpaired) electrons. The van der Waals surface area contributed by atoms with Gasteiger partial charge < -0.3 is 88.7 Å². The predicted molar refractivity (Wildman–Crippen MR) is 459 cm³/mol. The number of benzene rings is 6. The monoisotopic (exact) mass is 1620 g/mol. The minimum Gasteiger partial charge on any atom is -0.368 e. The van der Waals surface area contributed by atoms with Gasteiger partial charge >= 0.3 is 0 Å². The van der Waals surface area contributed by atoms with Crippen LogP contribution in [0.3, 0.4) is 0 Å². The third-order valence-electron chi connectivity index (χ3n) is 21.6. The lowest BCUT2D eigenvalue weighted by Crippen LogP contribution is -2.53. The van der Waals surface area contributed by atoms with Gasteiger partial charge in [-0.15, -0.1) is 0 Å². The third-order valence-corrected chi connectivity index (χ3v) is 21.6. The first kappa shape index (κ1) is 96.1. The molecule has 28 heteroatoms. The summed E-state index contributed by atoms with van der Waals surface area (Å²) in [5.74, 6) is -6.48. The van der Waals surface area contributed by atoms with Gasteiger partial charge in [0.25, 0.3) is 0 Å². The Hall–Kier alpha value is -10.8. The highest BCUT2D eigenvalue weighted by Crippen LogP contribution is 2.29. The normalized spacial score (nSPS) is 12.6. The molecule has 0 aromatic heterocycles. The Bertz CT molecular complexity index is 4050. The number of hydrogen-bond donors (Lipinski definition) is 7. The SMILES string of the molecule is C[C@@H](c1ccccc1)N(CC(N)=O)C(=O)CN(CCCCN)C(=O)CN(C(=O)CN(C(=O)CN(CCCCN)C(=O)CN(C(=O)CN(CCCCN)C(=O)CN(CCCCN)C(=O)CN(C(=O)CN(C(=O)CNCCCCN)[C@@H](C)c1ccccc1)[C@@H](C)c1ccccc1)[C@@H](C)c1ccccc1)[C@@H](C)c1ccccc1)[C@@H](C)c1ccccc1. The molecule has 6 rings (SSSR count). The van der Waals surface area contributed by atoms with E-state index in [2.05, 4.69) is 5.32 Å². The summed E-state index contributed by atoms with van der Waals surface area (Å²) in [5, 5.41) is 3.20. The number of hydrogen-bond acceptors (Lipinski definition) is 17. The van der Waals surface area contributed by atoms with Crippen molar-refractivity contribution < 1.29 is 52.7 Å². The molecular weight excluding hydrogens is 1500 g/mol. The Kier molecular flexibility index (Phi) is 42.5. The molecule has 28 nitrogen and oxygen atoms in total. The average Bonchev–Trinajstić information content (AvgIpc) is 0.842. The summed E-state index contributed by atoms with van der Waals surface area (Å²) < 4.78 is 0. The van der Waals surface area contributed by atoms with Crippen LogP contribution in [-0.4, -0.2) is 251 Å². The molecule has 0 aliphatic rings. The maximum atomic E-state index is 15.7. The topological polar surface area (TPSA) is 388 Å². The summed E-state index contributed by atoms with van der Waals surface area (Å²) in [7, 11) is 0. The Balaban J connectivity index is 1.33. The third kappa shape index (κ3) is 30.9. The Morgan fingerprint density at radius 3 is 0.661 bits per heavy atom. The summed E-state index contributed by atoms with van der Waals surface area (Å²) in [6.45, 7) is 7.79. The van der Waals surface area contributed by atoms with Crippen LogP contribution in [0.15, 0.2) is 182 Å². The van der Waals surface area contributed by atoms with E-state index in [1.165, 1.54) is 49.0 Å². The van der Waals surface area contributed by atoms with E-state index in [9.17, 15) is 14.4 Å². The molecule has 0 saturated carbocycles. The number of primary amides is 1. The van der Waals surface area contributed by atoms with E-state index in [-0.39, 0.29) is 64.8 Å². The van der Waals surface area contributed by atoms with E-state index in [0.717, 1.165) is 29.5 Å². The fourth-order valence-corrected chi connectivity index (χ4v) is 14.2. The van der Waals surface area contributed by atoms with Crippen LogP contribution in [0.2, 0.25) is 0 Å². The summed E-state index contributed by atoms with van der Waals surface area (Å²) in [5.41, 5.74) is 39.8. The summed E-state index contributed by atoms with van der Waals surface area (Å²) in [4.78, 5) is 179. The highest BCUT2D eigenvalue weighted by Gasteiger charge is 2.38. The fraction of sp³-hybridized carbons (Fsp3) is 0.478. The first-order valence-corrected chi connectivity index (χ1v) is 41.5. The zero-order valence-corrected chi connectivity index (χ0v) is 70.1. The number of nitrogens with one attached hydrogen (secondary N) is 1. The molecule has 6 atom stereocenters. The van der Waals surface area contributed by atoms with Crippen LogP contribution in [0.25, 0.3) is 0 Å². The largest absolute Gasteiger partial charge is 0.368 e. The molecule has 6 aromatic carbocycles. The number of unbranched alkanes of at least 4 members (excludes halogenated alkanes) is 5. The van der Waals surface area contributed by atoms with E-state index in [1.54, 1.807) is 71.0 Å². The van der Waals surface area contributed by atoms with Crippen LogP contribution in [0, 0.1) is 0 Å². The molecule has 6 aromatic rings.